The van der Waals surface area contributed by atoms with Crippen molar-refractivity contribution >= 4 is 29.7 Å². The van der Waals surface area contributed by atoms with Gasteiger partial charge in [-0.1, -0.05) is 6.92 Å². The molecule has 1 amide bonds. The first-order valence-electron chi connectivity index (χ1n) is 6.23. The Labute approximate surface area is 122 Å². The number of amides is 1. The second-order valence-corrected chi connectivity index (χ2v) is 5.08. The molecular weight excluding hydrogens is 276 g/mol. The largest absolute Gasteiger partial charge is 0.478 e. The average molecular weight is 294 g/mol. The molecule has 1 heterocycles. The third kappa shape index (κ3) is 5.05. The number of nitrogens with one attached hydrogen (secondary N) is 1. The summed E-state index contributed by atoms with van der Waals surface area (Å²) in [4.78, 5) is 26.7. The Morgan fingerprint density at radius 1 is 1.55 bits per heavy atom. The number of carbonyl (C=O) groups excluding carboxylic acids is 1. The van der Waals surface area contributed by atoms with E-state index in [9.17, 15) is 9.59 Å². The van der Waals surface area contributed by atoms with Gasteiger partial charge in [-0.25, -0.2) is 4.79 Å². The van der Waals surface area contributed by atoms with Crippen LogP contribution in [0.2, 0.25) is 0 Å². The van der Waals surface area contributed by atoms with Crippen LogP contribution >= 0.6 is 11.8 Å². The first-order chi connectivity index (χ1) is 9.58. The van der Waals surface area contributed by atoms with E-state index in [4.69, 9.17) is 5.11 Å². The summed E-state index contributed by atoms with van der Waals surface area (Å²) in [6, 6.07) is 1.69. The molecule has 0 saturated carbocycles. The number of aliphatic carboxylic acids is 1. The molecule has 6 heteroatoms. The molecule has 1 aromatic rings. The Morgan fingerprint density at radius 2 is 2.30 bits per heavy atom. The Balaban J connectivity index is 2.89. The molecule has 0 aromatic carbocycles. The van der Waals surface area contributed by atoms with E-state index in [0.717, 1.165) is 18.2 Å². The highest BCUT2D eigenvalue weighted by Crippen LogP contribution is 2.10. The Hall–Kier alpha value is -1.82. The second kappa shape index (κ2) is 8.37. The van der Waals surface area contributed by atoms with Gasteiger partial charge in [0.15, 0.2) is 0 Å². The van der Waals surface area contributed by atoms with Crippen LogP contribution in [-0.2, 0) is 4.79 Å². The molecule has 2 N–H and O–H groups in total. The highest BCUT2D eigenvalue weighted by Gasteiger charge is 2.14. The fourth-order valence-corrected chi connectivity index (χ4v) is 2.35. The molecule has 0 fully saturated rings. The number of carbonyl (C=O) groups is 2. The van der Waals surface area contributed by atoms with Gasteiger partial charge < -0.3 is 10.4 Å². The van der Waals surface area contributed by atoms with Crippen molar-refractivity contribution in [1.29, 1.82) is 0 Å². The van der Waals surface area contributed by atoms with Crippen molar-refractivity contribution in [2.24, 2.45) is 0 Å². The summed E-state index contributed by atoms with van der Waals surface area (Å²) >= 11 is 1.67. The second-order valence-electron chi connectivity index (χ2n) is 4.17. The molecule has 0 aliphatic rings. The van der Waals surface area contributed by atoms with Gasteiger partial charge in [0.2, 0.25) is 0 Å². The standard InChI is InChI=1S/C14H18N2O3S/c1-3-11(9-20-2)16-14(19)12-6-7-15-8-10(12)4-5-13(17)18/h4-8,11H,3,9H2,1-2H3,(H,16,19)(H,17,18)/b5-4+. The third-order valence-electron chi connectivity index (χ3n) is 2.70. The van der Waals surface area contributed by atoms with Crippen molar-refractivity contribution in [3.05, 3.63) is 35.7 Å². The summed E-state index contributed by atoms with van der Waals surface area (Å²) in [5, 5.41) is 11.6. The zero-order valence-corrected chi connectivity index (χ0v) is 12.3. The van der Waals surface area contributed by atoms with Gasteiger partial charge in [-0.3, -0.25) is 9.78 Å². The van der Waals surface area contributed by atoms with E-state index >= 15 is 0 Å². The fraction of sp³-hybridized carbons (Fsp3) is 0.357. The topological polar surface area (TPSA) is 79.3 Å². The molecule has 0 saturated heterocycles. The normalized spacial score (nSPS) is 12.3. The number of hydrogen-bond donors (Lipinski definition) is 2. The minimum absolute atomic E-state index is 0.0990. The van der Waals surface area contributed by atoms with Crippen LogP contribution in [0.5, 0.6) is 0 Å². The Kier molecular flexibility index (Phi) is 6.79. The van der Waals surface area contributed by atoms with Crippen molar-refractivity contribution in [2.45, 2.75) is 19.4 Å². The number of rotatable bonds is 7. The van der Waals surface area contributed by atoms with E-state index in [-0.39, 0.29) is 11.9 Å². The van der Waals surface area contributed by atoms with Crippen LogP contribution in [0.3, 0.4) is 0 Å². The SMILES string of the molecule is CCC(CSC)NC(=O)c1ccncc1/C=C/C(=O)O. The van der Waals surface area contributed by atoms with Gasteiger partial charge in [0.1, 0.15) is 0 Å². The number of aromatic nitrogens is 1. The van der Waals surface area contributed by atoms with E-state index in [1.165, 1.54) is 18.5 Å². The van der Waals surface area contributed by atoms with Gasteiger partial charge >= 0.3 is 5.97 Å². The lowest BCUT2D eigenvalue weighted by atomic mass is 10.1. The van der Waals surface area contributed by atoms with E-state index in [0.29, 0.717) is 11.1 Å². The zero-order chi connectivity index (χ0) is 15.0. The summed E-state index contributed by atoms with van der Waals surface area (Å²) in [5.41, 5.74) is 0.920. The van der Waals surface area contributed by atoms with Crippen molar-refractivity contribution in [3.8, 4) is 0 Å². The quantitative estimate of drug-likeness (QED) is 0.752. The molecule has 1 rings (SSSR count). The monoisotopic (exact) mass is 294 g/mol. The predicted molar refractivity (Wildman–Crippen MR) is 80.8 cm³/mol. The number of nitrogens with zero attached hydrogens (tertiary/aromatic N) is 1. The van der Waals surface area contributed by atoms with E-state index in [2.05, 4.69) is 10.3 Å². The number of hydrogen-bond acceptors (Lipinski definition) is 4. The van der Waals surface area contributed by atoms with Gasteiger partial charge in [0.25, 0.3) is 5.91 Å². The minimum Gasteiger partial charge on any atom is -0.478 e. The van der Waals surface area contributed by atoms with Crippen LogP contribution in [0, 0.1) is 0 Å². The molecule has 1 atom stereocenters. The maximum Gasteiger partial charge on any atom is 0.328 e. The molecule has 108 valence electrons. The molecule has 1 aromatic heterocycles. The van der Waals surface area contributed by atoms with E-state index in [1.54, 1.807) is 17.8 Å². The molecule has 0 aliphatic heterocycles. The molecule has 20 heavy (non-hydrogen) atoms. The van der Waals surface area contributed by atoms with Crippen molar-refractivity contribution in [2.75, 3.05) is 12.0 Å². The molecule has 0 aliphatic carbocycles. The summed E-state index contributed by atoms with van der Waals surface area (Å²) in [7, 11) is 0. The first-order valence-corrected chi connectivity index (χ1v) is 7.62. The molecular formula is C14H18N2O3S. The highest BCUT2D eigenvalue weighted by atomic mass is 32.2. The van der Waals surface area contributed by atoms with E-state index < -0.39 is 5.97 Å². The van der Waals surface area contributed by atoms with Crippen LogP contribution in [0.25, 0.3) is 6.08 Å². The summed E-state index contributed by atoms with van der Waals surface area (Å²) in [6.45, 7) is 2.01. The van der Waals surface area contributed by atoms with Crippen LogP contribution in [-0.4, -0.2) is 40.0 Å². The lowest BCUT2D eigenvalue weighted by Crippen LogP contribution is -2.36. The van der Waals surface area contributed by atoms with Crippen LogP contribution in [0.15, 0.2) is 24.5 Å². The number of carboxylic acids is 1. The summed E-state index contributed by atoms with van der Waals surface area (Å²) < 4.78 is 0. The number of thioether (sulfide) groups is 1. The molecule has 1 unspecified atom stereocenters. The maximum atomic E-state index is 12.2. The molecule has 5 nitrogen and oxygen atoms in total. The minimum atomic E-state index is -1.06. The van der Waals surface area contributed by atoms with Crippen molar-refractivity contribution in [1.82, 2.24) is 10.3 Å². The van der Waals surface area contributed by atoms with Crippen LogP contribution < -0.4 is 5.32 Å². The molecule has 0 radical (unpaired) electrons. The fourth-order valence-electron chi connectivity index (χ4n) is 1.63. The van der Waals surface area contributed by atoms with Crippen molar-refractivity contribution < 1.29 is 14.7 Å². The Bertz CT molecular complexity index is 503. The van der Waals surface area contributed by atoms with Gasteiger partial charge in [-0.15, -0.1) is 0 Å². The smallest absolute Gasteiger partial charge is 0.328 e. The lowest BCUT2D eigenvalue weighted by Gasteiger charge is -2.16. The third-order valence-corrected chi connectivity index (χ3v) is 3.43. The van der Waals surface area contributed by atoms with Crippen LogP contribution in [0.4, 0.5) is 0 Å². The number of carboxylic acid groups (broad SMARTS) is 1. The van der Waals surface area contributed by atoms with Gasteiger partial charge in [-0.05, 0) is 24.8 Å². The van der Waals surface area contributed by atoms with Crippen molar-refractivity contribution in [3.63, 3.8) is 0 Å². The Morgan fingerprint density at radius 3 is 2.90 bits per heavy atom. The van der Waals surface area contributed by atoms with E-state index in [1.807, 2.05) is 13.2 Å². The first kappa shape index (κ1) is 16.2. The van der Waals surface area contributed by atoms with Gasteiger partial charge in [-0.2, -0.15) is 11.8 Å². The summed E-state index contributed by atoms with van der Waals surface area (Å²) in [6.07, 6.45) is 8.19. The summed E-state index contributed by atoms with van der Waals surface area (Å²) in [5.74, 6) is -0.430. The average Bonchev–Trinajstić information content (AvgIpc) is 2.44. The predicted octanol–water partition coefficient (Wildman–Crippen LogP) is 2.05. The lowest BCUT2D eigenvalue weighted by molar-refractivity contribution is -0.131. The van der Waals surface area contributed by atoms with Gasteiger partial charge in [0.05, 0.1) is 0 Å². The molecule has 0 spiro atoms. The van der Waals surface area contributed by atoms with Crippen LogP contribution in [0.1, 0.15) is 29.3 Å². The highest BCUT2D eigenvalue weighted by molar-refractivity contribution is 7.98. The maximum absolute atomic E-state index is 12.2. The molecule has 0 bridgehead atoms. The zero-order valence-electron chi connectivity index (χ0n) is 11.5. The number of pyridine rings is 1. The van der Waals surface area contributed by atoms with Gasteiger partial charge in [0, 0.05) is 41.4 Å².